The molecule has 6 heteroatoms. The van der Waals surface area contributed by atoms with E-state index in [-0.39, 0.29) is 18.2 Å². The van der Waals surface area contributed by atoms with Crippen molar-refractivity contribution in [2.45, 2.75) is 6.42 Å². The Bertz CT molecular complexity index is 675. The highest BCUT2D eigenvalue weighted by atomic mass is 16.2. The van der Waals surface area contributed by atoms with Crippen molar-refractivity contribution < 1.29 is 9.59 Å². The summed E-state index contributed by atoms with van der Waals surface area (Å²) in [6.45, 7) is 0. The second-order valence-electron chi connectivity index (χ2n) is 4.15. The molecule has 2 N–H and O–H groups in total. The Morgan fingerprint density at radius 3 is 2.14 bits per heavy atom. The van der Waals surface area contributed by atoms with E-state index in [1.54, 1.807) is 54.9 Å². The maximum absolute atomic E-state index is 11.9. The number of pyridine rings is 1. The van der Waals surface area contributed by atoms with E-state index in [1.165, 1.54) is 0 Å². The fourth-order valence-corrected chi connectivity index (χ4v) is 1.62. The molecule has 104 valence electrons. The molecule has 2 amide bonds. The number of amides is 2. The third-order valence-corrected chi connectivity index (χ3v) is 2.61. The third-order valence-electron chi connectivity index (χ3n) is 2.61. The maximum atomic E-state index is 11.9. The number of anilines is 2. The molecule has 0 aliphatic carbocycles. The Balaban J connectivity index is 1.98. The van der Waals surface area contributed by atoms with Crippen LogP contribution < -0.4 is 10.6 Å². The maximum Gasteiger partial charge on any atom is 0.255 e. The Kier molecular flexibility index (Phi) is 4.62. The van der Waals surface area contributed by atoms with Crippen LogP contribution >= 0.6 is 0 Å². The van der Waals surface area contributed by atoms with Crippen molar-refractivity contribution >= 4 is 23.2 Å². The highest BCUT2D eigenvalue weighted by Crippen LogP contribution is 2.14. The molecule has 1 aromatic carbocycles. The molecule has 0 bridgehead atoms. The van der Waals surface area contributed by atoms with Gasteiger partial charge in [-0.05, 0) is 36.4 Å². The first-order valence-electron chi connectivity index (χ1n) is 6.17. The van der Waals surface area contributed by atoms with Crippen molar-refractivity contribution in [3.05, 3.63) is 54.4 Å². The number of nitrogens with one attached hydrogen (secondary N) is 2. The van der Waals surface area contributed by atoms with Gasteiger partial charge >= 0.3 is 0 Å². The molecule has 0 spiro atoms. The van der Waals surface area contributed by atoms with Crippen molar-refractivity contribution in [2.75, 3.05) is 10.6 Å². The lowest BCUT2D eigenvalue weighted by atomic mass is 10.2. The van der Waals surface area contributed by atoms with Gasteiger partial charge in [0.05, 0.1) is 6.07 Å². The molecule has 0 saturated carbocycles. The lowest BCUT2D eigenvalue weighted by Gasteiger charge is -2.07. The average molecular weight is 280 g/mol. The molecule has 0 aliphatic heterocycles. The monoisotopic (exact) mass is 280 g/mol. The van der Waals surface area contributed by atoms with Gasteiger partial charge in [-0.25, -0.2) is 0 Å². The first-order valence-corrected chi connectivity index (χ1v) is 6.17. The Labute approximate surface area is 121 Å². The first-order chi connectivity index (χ1) is 10.2. The summed E-state index contributed by atoms with van der Waals surface area (Å²) in [5, 5.41) is 13.7. The summed E-state index contributed by atoms with van der Waals surface area (Å²) in [6.07, 6.45) is 2.89. The minimum Gasteiger partial charge on any atom is -0.325 e. The molecule has 0 atom stereocenters. The highest BCUT2D eigenvalue weighted by molar-refractivity contribution is 6.04. The summed E-state index contributed by atoms with van der Waals surface area (Å²) in [5.41, 5.74) is 1.68. The summed E-state index contributed by atoms with van der Waals surface area (Å²) in [4.78, 5) is 27.0. The zero-order chi connectivity index (χ0) is 15.1. The minimum atomic E-state index is -0.369. The van der Waals surface area contributed by atoms with Crippen LogP contribution in [0.5, 0.6) is 0 Å². The van der Waals surface area contributed by atoms with Crippen LogP contribution in [0.25, 0.3) is 0 Å². The summed E-state index contributed by atoms with van der Waals surface area (Å²) >= 11 is 0. The highest BCUT2D eigenvalue weighted by Gasteiger charge is 2.06. The van der Waals surface area contributed by atoms with E-state index in [0.717, 1.165) is 0 Å². The second kappa shape index (κ2) is 6.82. The van der Waals surface area contributed by atoms with E-state index in [0.29, 0.717) is 16.9 Å². The Morgan fingerprint density at radius 1 is 1.00 bits per heavy atom. The van der Waals surface area contributed by atoms with E-state index in [9.17, 15) is 9.59 Å². The number of aromatic nitrogens is 1. The zero-order valence-electron chi connectivity index (χ0n) is 11.0. The van der Waals surface area contributed by atoms with Crippen LogP contribution in [0.2, 0.25) is 0 Å². The van der Waals surface area contributed by atoms with Gasteiger partial charge in [-0.15, -0.1) is 0 Å². The fourth-order valence-electron chi connectivity index (χ4n) is 1.62. The van der Waals surface area contributed by atoms with Crippen molar-refractivity contribution in [1.82, 2.24) is 4.98 Å². The first kappa shape index (κ1) is 14.2. The lowest BCUT2D eigenvalue weighted by Crippen LogP contribution is -2.12. The zero-order valence-corrected chi connectivity index (χ0v) is 11.0. The fraction of sp³-hybridized carbons (Fsp3) is 0.0667. The molecule has 0 fully saturated rings. The smallest absolute Gasteiger partial charge is 0.255 e. The van der Waals surface area contributed by atoms with Gasteiger partial charge in [0.1, 0.15) is 6.42 Å². The van der Waals surface area contributed by atoms with Crippen molar-refractivity contribution in [3.8, 4) is 6.07 Å². The molecule has 1 heterocycles. The van der Waals surface area contributed by atoms with E-state index in [1.807, 2.05) is 0 Å². The molecule has 0 saturated heterocycles. The number of nitriles is 1. The SMILES string of the molecule is N#CCC(=O)Nc1ccc(NC(=O)c2ccncc2)cc1. The molecule has 2 rings (SSSR count). The Hall–Kier alpha value is -3.20. The molecule has 6 nitrogen and oxygen atoms in total. The second-order valence-corrected chi connectivity index (χ2v) is 4.15. The average Bonchev–Trinajstić information content (AvgIpc) is 2.50. The molecule has 0 aliphatic rings. The number of rotatable bonds is 4. The summed E-state index contributed by atoms with van der Waals surface area (Å²) in [5.74, 6) is -0.607. The van der Waals surface area contributed by atoms with Crippen LogP contribution in [0.1, 0.15) is 16.8 Å². The predicted octanol–water partition coefficient (Wildman–Crippen LogP) is 2.19. The van der Waals surface area contributed by atoms with E-state index in [2.05, 4.69) is 15.6 Å². The molecule has 1 aromatic heterocycles. The molecule has 2 aromatic rings. The van der Waals surface area contributed by atoms with Crippen molar-refractivity contribution in [1.29, 1.82) is 5.26 Å². The normalized spacial score (nSPS) is 9.48. The number of nitrogens with zero attached hydrogens (tertiary/aromatic N) is 2. The molecule has 0 unspecified atom stereocenters. The van der Waals surface area contributed by atoms with Crippen LogP contribution in [0.3, 0.4) is 0 Å². The summed E-state index contributed by atoms with van der Waals surface area (Å²) in [6, 6.07) is 11.6. The molecule has 21 heavy (non-hydrogen) atoms. The Morgan fingerprint density at radius 2 is 1.57 bits per heavy atom. The molecular formula is C15H12N4O2. The summed E-state index contributed by atoms with van der Waals surface area (Å²) in [7, 11) is 0. The number of carbonyl (C=O) groups is 2. The molecular weight excluding hydrogens is 268 g/mol. The van der Waals surface area contributed by atoms with Gasteiger partial charge in [-0.2, -0.15) is 5.26 Å². The minimum absolute atomic E-state index is 0.194. The van der Waals surface area contributed by atoms with E-state index < -0.39 is 0 Å². The van der Waals surface area contributed by atoms with Crippen molar-refractivity contribution in [2.24, 2.45) is 0 Å². The quantitative estimate of drug-likeness (QED) is 0.897. The van der Waals surface area contributed by atoms with Gasteiger partial charge < -0.3 is 10.6 Å². The van der Waals surface area contributed by atoms with Crippen LogP contribution in [-0.2, 0) is 4.79 Å². The van der Waals surface area contributed by atoms with Crippen LogP contribution in [0, 0.1) is 11.3 Å². The van der Waals surface area contributed by atoms with Gasteiger partial charge in [0.25, 0.3) is 5.91 Å². The van der Waals surface area contributed by atoms with Crippen LogP contribution in [0.4, 0.5) is 11.4 Å². The summed E-state index contributed by atoms with van der Waals surface area (Å²) < 4.78 is 0. The van der Waals surface area contributed by atoms with Gasteiger partial charge in [0.15, 0.2) is 0 Å². The number of hydrogen-bond acceptors (Lipinski definition) is 4. The van der Waals surface area contributed by atoms with E-state index in [4.69, 9.17) is 5.26 Å². The van der Waals surface area contributed by atoms with Crippen molar-refractivity contribution in [3.63, 3.8) is 0 Å². The number of hydrogen-bond donors (Lipinski definition) is 2. The van der Waals surface area contributed by atoms with Gasteiger partial charge in [0, 0.05) is 29.3 Å². The van der Waals surface area contributed by atoms with E-state index >= 15 is 0 Å². The predicted molar refractivity (Wildman–Crippen MR) is 77.5 cm³/mol. The van der Waals surface area contributed by atoms with Gasteiger partial charge in [-0.3, -0.25) is 14.6 Å². The van der Waals surface area contributed by atoms with Crippen LogP contribution in [0.15, 0.2) is 48.8 Å². The molecule has 0 radical (unpaired) electrons. The third kappa shape index (κ3) is 4.14. The standard InChI is InChI=1S/C15H12N4O2/c16-8-5-14(20)18-12-1-3-13(4-2-12)19-15(21)11-6-9-17-10-7-11/h1-4,6-7,9-10H,5H2,(H,18,20)(H,19,21). The van der Waals surface area contributed by atoms with Crippen LogP contribution in [-0.4, -0.2) is 16.8 Å². The topological polar surface area (TPSA) is 94.9 Å². The van der Waals surface area contributed by atoms with Gasteiger partial charge in [0.2, 0.25) is 5.91 Å². The number of carbonyl (C=O) groups excluding carboxylic acids is 2. The lowest BCUT2D eigenvalue weighted by molar-refractivity contribution is -0.115. The largest absolute Gasteiger partial charge is 0.325 e. The van der Waals surface area contributed by atoms with Gasteiger partial charge in [-0.1, -0.05) is 0 Å². The number of benzene rings is 1.